The van der Waals surface area contributed by atoms with Crippen LogP contribution in [0.3, 0.4) is 0 Å². The van der Waals surface area contributed by atoms with E-state index in [2.05, 4.69) is 24.1 Å². The van der Waals surface area contributed by atoms with Gasteiger partial charge in [0, 0.05) is 18.6 Å². The molecular formula is C14H26N2O3. The van der Waals surface area contributed by atoms with Crippen LogP contribution in [0.5, 0.6) is 0 Å². The van der Waals surface area contributed by atoms with Gasteiger partial charge in [-0.05, 0) is 40.1 Å². The van der Waals surface area contributed by atoms with E-state index in [9.17, 15) is 5.11 Å². The number of nitrogens with zero attached hydrogens (tertiary/aromatic N) is 1. The van der Waals surface area contributed by atoms with Gasteiger partial charge >= 0.3 is 0 Å². The zero-order valence-corrected chi connectivity index (χ0v) is 12.3. The maximum absolute atomic E-state index is 9.78. The van der Waals surface area contributed by atoms with Gasteiger partial charge in [0.05, 0.1) is 19.0 Å². The molecule has 1 unspecified atom stereocenters. The lowest BCUT2D eigenvalue weighted by molar-refractivity contribution is 0.0213. The number of rotatable bonds is 9. The normalized spacial score (nSPS) is 14.0. The fourth-order valence-corrected chi connectivity index (χ4v) is 1.45. The Labute approximate surface area is 115 Å². The van der Waals surface area contributed by atoms with Crippen molar-refractivity contribution in [2.75, 3.05) is 33.8 Å². The molecule has 0 bridgehead atoms. The SMILES string of the molecule is CN(C)C(C)(C)CNCC(O)COCc1ccco1. The Bertz CT molecular complexity index is 336. The lowest BCUT2D eigenvalue weighted by Gasteiger charge is -2.33. The Morgan fingerprint density at radius 3 is 2.79 bits per heavy atom. The number of aliphatic hydroxyl groups excluding tert-OH is 1. The molecule has 2 N–H and O–H groups in total. The van der Waals surface area contributed by atoms with Crippen LogP contribution in [0, 0.1) is 0 Å². The highest BCUT2D eigenvalue weighted by Crippen LogP contribution is 2.07. The molecule has 0 fully saturated rings. The van der Waals surface area contributed by atoms with Crippen molar-refractivity contribution in [3.63, 3.8) is 0 Å². The Balaban J connectivity index is 2.09. The van der Waals surface area contributed by atoms with Crippen LogP contribution >= 0.6 is 0 Å². The second-order valence-corrected chi connectivity index (χ2v) is 5.59. The molecule has 1 atom stereocenters. The summed E-state index contributed by atoms with van der Waals surface area (Å²) in [6, 6.07) is 3.67. The smallest absolute Gasteiger partial charge is 0.129 e. The molecule has 5 nitrogen and oxygen atoms in total. The quantitative estimate of drug-likeness (QED) is 0.703. The molecule has 1 rings (SSSR count). The molecule has 1 aromatic rings. The highest BCUT2D eigenvalue weighted by Gasteiger charge is 2.19. The lowest BCUT2D eigenvalue weighted by atomic mass is 10.0. The number of hydrogen-bond donors (Lipinski definition) is 2. The van der Waals surface area contributed by atoms with E-state index in [4.69, 9.17) is 9.15 Å². The molecule has 0 amide bonds. The van der Waals surface area contributed by atoms with Gasteiger partial charge in [-0.15, -0.1) is 0 Å². The minimum absolute atomic E-state index is 0.0642. The maximum Gasteiger partial charge on any atom is 0.129 e. The van der Waals surface area contributed by atoms with E-state index in [0.29, 0.717) is 19.8 Å². The molecule has 0 radical (unpaired) electrons. The van der Waals surface area contributed by atoms with Gasteiger partial charge in [0.2, 0.25) is 0 Å². The Kier molecular flexibility index (Phi) is 6.51. The molecule has 1 heterocycles. The highest BCUT2D eigenvalue weighted by atomic mass is 16.5. The van der Waals surface area contributed by atoms with E-state index < -0.39 is 6.10 Å². The van der Waals surface area contributed by atoms with Crippen LogP contribution in [-0.4, -0.2) is 55.4 Å². The maximum atomic E-state index is 9.78. The number of furan rings is 1. The van der Waals surface area contributed by atoms with Crippen molar-refractivity contribution in [3.8, 4) is 0 Å². The fourth-order valence-electron chi connectivity index (χ4n) is 1.45. The summed E-state index contributed by atoms with van der Waals surface area (Å²) in [6.45, 7) is 6.34. The third-order valence-corrected chi connectivity index (χ3v) is 3.28. The lowest BCUT2D eigenvalue weighted by Crippen LogP contribution is -2.48. The molecule has 0 aliphatic heterocycles. The monoisotopic (exact) mass is 270 g/mol. The minimum atomic E-state index is -0.507. The Morgan fingerprint density at radius 2 is 2.21 bits per heavy atom. The van der Waals surface area contributed by atoms with Crippen LogP contribution < -0.4 is 5.32 Å². The van der Waals surface area contributed by atoms with E-state index in [-0.39, 0.29) is 5.54 Å². The predicted molar refractivity (Wildman–Crippen MR) is 75.0 cm³/mol. The van der Waals surface area contributed by atoms with Crippen LogP contribution in [0.4, 0.5) is 0 Å². The molecule has 5 heteroatoms. The summed E-state index contributed by atoms with van der Waals surface area (Å²) in [7, 11) is 4.09. The average molecular weight is 270 g/mol. The van der Waals surface area contributed by atoms with Crippen LogP contribution in [0.25, 0.3) is 0 Å². The van der Waals surface area contributed by atoms with E-state index in [0.717, 1.165) is 12.3 Å². The van der Waals surface area contributed by atoms with Crippen LogP contribution in [0.1, 0.15) is 19.6 Å². The van der Waals surface area contributed by atoms with Crippen molar-refractivity contribution in [2.24, 2.45) is 0 Å². The van der Waals surface area contributed by atoms with Crippen molar-refractivity contribution >= 4 is 0 Å². The average Bonchev–Trinajstić information content (AvgIpc) is 2.81. The largest absolute Gasteiger partial charge is 0.467 e. The molecule has 0 aliphatic carbocycles. The third-order valence-electron chi connectivity index (χ3n) is 3.28. The van der Waals surface area contributed by atoms with Gasteiger partial charge in [0.15, 0.2) is 0 Å². The van der Waals surface area contributed by atoms with Crippen LogP contribution in [-0.2, 0) is 11.3 Å². The zero-order valence-electron chi connectivity index (χ0n) is 12.3. The Hall–Kier alpha value is -0.880. The van der Waals surface area contributed by atoms with Crippen molar-refractivity contribution in [1.29, 1.82) is 0 Å². The first-order chi connectivity index (χ1) is 8.92. The molecule has 0 aliphatic rings. The first-order valence-corrected chi connectivity index (χ1v) is 6.58. The number of likely N-dealkylation sites (N-methyl/N-ethyl adjacent to an activating group) is 1. The Morgan fingerprint density at radius 1 is 1.47 bits per heavy atom. The molecule has 19 heavy (non-hydrogen) atoms. The summed E-state index contributed by atoms with van der Waals surface area (Å²) >= 11 is 0. The summed E-state index contributed by atoms with van der Waals surface area (Å²) in [4.78, 5) is 2.15. The minimum Gasteiger partial charge on any atom is -0.467 e. The summed E-state index contributed by atoms with van der Waals surface area (Å²) < 4.78 is 10.5. The number of aliphatic hydroxyl groups is 1. The molecular weight excluding hydrogens is 244 g/mol. The second kappa shape index (κ2) is 7.65. The summed E-state index contributed by atoms with van der Waals surface area (Å²) in [5.41, 5.74) is 0.0642. The summed E-state index contributed by atoms with van der Waals surface area (Å²) in [5, 5.41) is 13.0. The van der Waals surface area contributed by atoms with E-state index in [1.54, 1.807) is 6.26 Å². The van der Waals surface area contributed by atoms with E-state index in [1.807, 2.05) is 26.2 Å². The van der Waals surface area contributed by atoms with Gasteiger partial charge in [-0.25, -0.2) is 0 Å². The molecule has 0 aromatic carbocycles. The second-order valence-electron chi connectivity index (χ2n) is 5.59. The number of ether oxygens (including phenoxy) is 1. The van der Waals surface area contributed by atoms with Gasteiger partial charge in [0.25, 0.3) is 0 Å². The summed E-state index contributed by atoms with van der Waals surface area (Å²) in [5.74, 6) is 0.772. The van der Waals surface area contributed by atoms with Gasteiger partial charge in [-0.1, -0.05) is 0 Å². The van der Waals surface area contributed by atoms with Crippen molar-refractivity contribution in [1.82, 2.24) is 10.2 Å². The van der Waals surface area contributed by atoms with Gasteiger partial charge < -0.3 is 24.5 Å². The van der Waals surface area contributed by atoms with Crippen LogP contribution in [0.15, 0.2) is 22.8 Å². The predicted octanol–water partition coefficient (Wildman–Crippen LogP) is 1.09. The fraction of sp³-hybridized carbons (Fsp3) is 0.714. The third kappa shape index (κ3) is 6.20. The van der Waals surface area contributed by atoms with Gasteiger partial charge in [-0.2, -0.15) is 0 Å². The number of nitrogens with one attached hydrogen (secondary N) is 1. The topological polar surface area (TPSA) is 57.9 Å². The zero-order chi connectivity index (χ0) is 14.3. The molecule has 0 saturated heterocycles. The van der Waals surface area contributed by atoms with E-state index >= 15 is 0 Å². The summed E-state index contributed by atoms with van der Waals surface area (Å²) in [6.07, 6.45) is 1.10. The van der Waals surface area contributed by atoms with Gasteiger partial charge in [-0.3, -0.25) is 0 Å². The highest BCUT2D eigenvalue weighted by molar-refractivity contribution is 4.96. The standard InChI is InChI=1S/C14H26N2O3/c1-14(2,16(3)4)11-15-8-12(17)9-18-10-13-6-5-7-19-13/h5-7,12,15,17H,8-11H2,1-4H3. The number of hydrogen-bond acceptors (Lipinski definition) is 5. The van der Waals surface area contributed by atoms with Crippen LogP contribution in [0.2, 0.25) is 0 Å². The first-order valence-electron chi connectivity index (χ1n) is 6.58. The van der Waals surface area contributed by atoms with E-state index in [1.165, 1.54) is 0 Å². The molecule has 1 aromatic heterocycles. The molecule has 110 valence electrons. The molecule has 0 spiro atoms. The van der Waals surface area contributed by atoms with Crippen molar-refractivity contribution in [3.05, 3.63) is 24.2 Å². The molecule has 0 saturated carbocycles. The first kappa shape index (κ1) is 16.2. The van der Waals surface area contributed by atoms with Crippen molar-refractivity contribution in [2.45, 2.75) is 32.1 Å². The van der Waals surface area contributed by atoms with Crippen molar-refractivity contribution < 1.29 is 14.3 Å². The van der Waals surface area contributed by atoms with Gasteiger partial charge in [0.1, 0.15) is 12.4 Å².